The van der Waals surface area contributed by atoms with E-state index in [0.29, 0.717) is 17.5 Å². The van der Waals surface area contributed by atoms with Gasteiger partial charge in [0.15, 0.2) is 0 Å². The molecule has 0 saturated carbocycles. The molecule has 2 atom stereocenters. The first-order valence-corrected chi connectivity index (χ1v) is 7.41. The van der Waals surface area contributed by atoms with Crippen LogP contribution in [0.15, 0.2) is 42.7 Å². The van der Waals surface area contributed by atoms with Gasteiger partial charge in [0, 0.05) is 6.20 Å². The highest BCUT2D eigenvalue weighted by Crippen LogP contribution is 2.37. The minimum absolute atomic E-state index is 0.0515. The molecular weight excluding hydrogens is 320 g/mol. The first-order chi connectivity index (χ1) is 11.5. The second-order valence-electron chi connectivity index (χ2n) is 5.56. The summed E-state index contributed by atoms with van der Waals surface area (Å²) in [6, 6.07) is 7.68. The van der Waals surface area contributed by atoms with Crippen LogP contribution in [-0.2, 0) is 4.79 Å². The van der Waals surface area contributed by atoms with Crippen LogP contribution >= 0.6 is 0 Å². The Morgan fingerprint density at radius 3 is 2.50 bits per heavy atom. The summed E-state index contributed by atoms with van der Waals surface area (Å²) in [5.74, 6) is -1.72. The molecule has 1 fully saturated rings. The molecule has 1 N–H and O–H groups in total. The van der Waals surface area contributed by atoms with E-state index in [1.165, 1.54) is 4.90 Å². The molecule has 24 heavy (non-hydrogen) atoms. The molecule has 2 aromatic rings. The lowest BCUT2D eigenvalue weighted by molar-refractivity contribution is -0.141. The number of nitrogens with zero attached hydrogens (tertiary/aromatic N) is 3. The lowest BCUT2D eigenvalue weighted by Gasteiger charge is -2.28. The third-order valence-corrected chi connectivity index (χ3v) is 4.14. The Morgan fingerprint density at radius 2 is 1.92 bits per heavy atom. The molecule has 0 spiro atoms. The van der Waals surface area contributed by atoms with Crippen molar-refractivity contribution in [1.82, 2.24) is 14.7 Å². The van der Waals surface area contributed by atoms with Gasteiger partial charge in [-0.3, -0.25) is 4.79 Å². The molecule has 6 nitrogen and oxygen atoms in total. The SMILES string of the molecule is O=C(O)C1CC[C@@H](c2ccccc2)N1C(=O)c1cnn(C(F)F)c1. The maximum atomic E-state index is 12.7. The topological polar surface area (TPSA) is 75.4 Å². The highest BCUT2D eigenvalue weighted by atomic mass is 19.3. The standard InChI is InChI=1S/C16H15F2N3O3/c17-16(18)20-9-11(8-19-20)14(22)21-12(6-7-13(21)15(23)24)10-4-2-1-3-5-10/h1-5,8-9,12-13,16H,6-7H2,(H,23,24)/t12-,13?/m0/s1. The average Bonchev–Trinajstić information content (AvgIpc) is 3.22. The van der Waals surface area contributed by atoms with Crippen molar-refractivity contribution >= 4 is 11.9 Å². The summed E-state index contributed by atoms with van der Waals surface area (Å²) in [6.07, 6.45) is 2.78. The van der Waals surface area contributed by atoms with Gasteiger partial charge in [0.25, 0.3) is 5.91 Å². The lowest BCUT2D eigenvalue weighted by Crippen LogP contribution is -2.41. The van der Waals surface area contributed by atoms with E-state index in [4.69, 9.17) is 0 Å². The minimum Gasteiger partial charge on any atom is -0.480 e. The van der Waals surface area contributed by atoms with Crippen molar-refractivity contribution in [3.63, 3.8) is 0 Å². The Labute approximate surface area is 136 Å². The summed E-state index contributed by atoms with van der Waals surface area (Å²) in [5.41, 5.74) is 0.764. The predicted molar refractivity (Wildman–Crippen MR) is 79.5 cm³/mol. The van der Waals surface area contributed by atoms with Gasteiger partial charge < -0.3 is 10.0 Å². The molecule has 1 unspecified atom stereocenters. The maximum Gasteiger partial charge on any atom is 0.333 e. The van der Waals surface area contributed by atoms with Crippen LogP contribution in [0.5, 0.6) is 0 Å². The van der Waals surface area contributed by atoms with Crippen molar-refractivity contribution in [2.45, 2.75) is 31.5 Å². The van der Waals surface area contributed by atoms with E-state index in [0.717, 1.165) is 18.0 Å². The summed E-state index contributed by atoms with van der Waals surface area (Å²) in [5, 5.41) is 12.9. The molecule has 1 aliphatic rings. The number of carbonyl (C=O) groups is 2. The first-order valence-electron chi connectivity index (χ1n) is 7.41. The number of carboxylic acids is 1. The number of benzene rings is 1. The zero-order valence-corrected chi connectivity index (χ0v) is 12.5. The second kappa shape index (κ2) is 6.38. The number of carbonyl (C=O) groups excluding carboxylic acids is 1. The number of carboxylic acid groups (broad SMARTS) is 1. The van der Waals surface area contributed by atoms with Crippen LogP contribution in [0.3, 0.4) is 0 Å². The number of hydrogen-bond acceptors (Lipinski definition) is 3. The summed E-state index contributed by atoms with van der Waals surface area (Å²) in [7, 11) is 0. The number of likely N-dealkylation sites (tertiary alicyclic amines) is 1. The van der Waals surface area contributed by atoms with Gasteiger partial charge in [-0.2, -0.15) is 13.9 Å². The number of aromatic nitrogens is 2. The molecule has 1 amide bonds. The summed E-state index contributed by atoms with van der Waals surface area (Å²) in [6.45, 7) is -2.86. The molecule has 8 heteroatoms. The third kappa shape index (κ3) is 2.86. The van der Waals surface area contributed by atoms with E-state index >= 15 is 0 Å². The predicted octanol–water partition coefficient (Wildman–Crippen LogP) is 2.71. The Hall–Kier alpha value is -2.77. The zero-order chi connectivity index (χ0) is 17.3. The largest absolute Gasteiger partial charge is 0.480 e. The zero-order valence-electron chi connectivity index (χ0n) is 12.5. The molecule has 1 aliphatic heterocycles. The van der Waals surface area contributed by atoms with Crippen molar-refractivity contribution in [3.8, 4) is 0 Å². The third-order valence-electron chi connectivity index (χ3n) is 4.14. The number of hydrogen-bond donors (Lipinski definition) is 1. The quantitative estimate of drug-likeness (QED) is 0.932. The summed E-state index contributed by atoms with van der Waals surface area (Å²) >= 11 is 0. The van der Waals surface area contributed by atoms with Crippen LogP contribution in [0, 0.1) is 0 Å². The van der Waals surface area contributed by atoms with Crippen LogP contribution in [0.25, 0.3) is 0 Å². The van der Waals surface area contributed by atoms with Gasteiger partial charge in [0.2, 0.25) is 0 Å². The molecule has 2 heterocycles. The van der Waals surface area contributed by atoms with Crippen LogP contribution in [-0.4, -0.2) is 37.7 Å². The minimum atomic E-state index is -2.86. The summed E-state index contributed by atoms with van der Waals surface area (Å²) in [4.78, 5) is 25.5. The van der Waals surface area contributed by atoms with E-state index < -0.39 is 30.5 Å². The number of rotatable bonds is 4. The van der Waals surface area contributed by atoms with E-state index in [-0.39, 0.29) is 5.56 Å². The monoisotopic (exact) mass is 335 g/mol. The van der Waals surface area contributed by atoms with Gasteiger partial charge in [-0.1, -0.05) is 30.3 Å². The Morgan fingerprint density at radius 1 is 1.21 bits per heavy atom. The van der Waals surface area contributed by atoms with E-state index in [1.54, 1.807) is 12.1 Å². The van der Waals surface area contributed by atoms with Crippen LogP contribution < -0.4 is 0 Å². The lowest BCUT2D eigenvalue weighted by atomic mass is 10.0. The highest BCUT2D eigenvalue weighted by Gasteiger charge is 2.42. The molecule has 0 bridgehead atoms. The Balaban J connectivity index is 1.95. The van der Waals surface area contributed by atoms with Crippen LogP contribution in [0.1, 0.15) is 41.4 Å². The molecule has 0 aliphatic carbocycles. The number of aliphatic carboxylic acids is 1. The van der Waals surface area contributed by atoms with E-state index in [2.05, 4.69) is 5.10 Å². The summed E-state index contributed by atoms with van der Waals surface area (Å²) < 4.78 is 25.7. The van der Waals surface area contributed by atoms with E-state index in [9.17, 15) is 23.5 Å². The van der Waals surface area contributed by atoms with Gasteiger partial charge in [0.1, 0.15) is 6.04 Å². The van der Waals surface area contributed by atoms with Gasteiger partial charge in [0.05, 0.1) is 17.8 Å². The molecule has 1 aromatic carbocycles. The van der Waals surface area contributed by atoms with Crippen LogP contribution in [0.4, 0.5) is 8.78 Å². The molecule has 3 rings (SSSR count). The number of halogens is 2. The fourth-order valence-electron chi connectivity index (χ4n) is 3.04. The van der Waals surface area contributed by atoms with Gasteiger partial charge in [-0.25, -0.2) is 9.48 Å². The molecule has 1 aromatic heterocycles. The number of amides is 1. The maximum absolute atomic E-state index is 12.7. The first kappa shape index (κ1) is 16.1. The van der Waals surface area contributed by atoms with Gasteiger partial charge >= 0.3 is 12.5 Å². The fourth-order valence-corrected chi connectivity index (χ4v) is 3.04. The Bertz CT molecular complexity index is 748. The second-order valence-corrected chi connectivity index (χ2v) is 5.56. The highest BCUT2D eigenvalue weighted by molar-refractivity contribution is 5.97. The van der Waals surface area contributed by atoms with Crippen molar-refractivity contribution in [2.75, 3.05) is 0 Å². The van der Waals surface area contributed by atoms with Crippen molar-refractivity contribution in [2.24, 2.45) is 0 Å². The molecule has 1 saturated heterocycles. The number of alkyl halides is 2. The van der Waals surface area contributed by atoms with Crippen molar-refractivity contribution in [1.29, 1.82) is 0 Å². The Kier molecular flexibility index (Phi) is 4.28. The normalized spacial score (nSPS) is 20.5. The molecule has 0 radical (unpaired) electrons. The molecule has 126 valence electrons. The smallest absolute Gasteiger partial charge is 0.333 e. The van der Waals surface area contributed by atoms with Crippen molar-refractivity contribution in [3.05, 3.63) is 53.9 Å². The molecular formula is C16H15F2N3O3. The van der Waals surface area contributed by atoms with Gasteiger partial charge in [-0.15, -0.1) is 0 Å². The fraction of sp³-hybridized carbons (Fsp3) is 0.312. The average molecular weight is 335 g/mol. The van der Waals surface area contributed by atoms with Gasteiger partial charge in [-0.05, 0) is 18.4 Å². The van der Waals surface area contributed by atoms with E-state index in [1.807, 2.05) is 18.2 Å². The van der Waals surface area contributed by atoms with Crippen LogP contribution in [0.2, 0.25) is 0 Å². The van der Waals surface area contributed by atoms with Crippen molar-refractivity contribution < 1.29 is 23.5 Å².